The summed E-state index contributed by atoms with van der Waals surface area (Å²) in [6, 6.07) is 7.49. The van der Waals surface area contributed by atoms with Gasteiger partial charge in [0, 0.05) is 24.0 Å². The predicted octanol–water partition coefficient (Wildman–Crippen LogP) is 5.77. The summed E-state index contributed by atoms with van der Waals surface area (Å²) in [4.78, 5) is 30.6. The number of carbonyl (C=O) groups is 2. The molecule has 162 valence electrons. The lowest BCUT2D eigenvalue weighted by Crippen LogP contribution is -2.42. The van der Waals surface area contributed by atoms with Gasteiger partial charge in [0.1, 0.15) is 15.2 Å². The highest BCUT2D eigenvalue weighted by molar-refractivity contribution is 9.10. The maximum absolute atomic E-state index is 12.3. The molecule has 7 nitrogen and oxygen atoms in total. The summed E-state index contributed by atoms with van der Waals surface area (Å²) in [5.41, 5.74) is 1.00. The maximum Gasteiger partial charge on any atom is 0.411 e. The molecule has 9 heteroatoms. The standard InChI is InChI=1S/C21H26BrN3O4S/c1-21(2,3)29-20(27)25-10-8-14(9-11-25)12-28-19(26)23-16-7-5-4-6-15(16)18-24-17(22)13-30-18/h4-7,13-14H,8-12H2,1-3H3,(H,23,26). The lowest BCUT2D eigenvalue weighted by atomic mass is 9.98. The molecule has 1 N–H and O–H groups in total. The number of aromatic nitrogens is 1. The van der Waals surface area contributed by atoms with Gasteiger partial charge in [-0.3, -0.25) is 5.32 Å². The van der Waals surface area contributed by atoms with Crippen molar-refractivity contribution in [2.45, 2.75) is 39.2 Å². The number of carbonyl (C=O) groups excluding carboxylic acids is 2. The second-order valence-electron chi connectivity index (χ2n) is 8.16. The van der Waals surface area contributed by atoms with Gasteiger partial charge in [0.25, 0.3) is 0 Å². The van der Waals surface area contributed by atoms with Crippen molar-refractivity contribution in [3.8, 4) is 10.6 Å². The van der Waals surface area contributed by atoms with Gasteiger partial charge in [-0.15, -0.1) is 11.3 Å². The molecule has 3 rings (SSSR count). The minimum Gasteiger partial charge on any atom is -0.449 e. The lowest BCUT2D eigenvalue weighted by molar-refractivity contribution is 0.0153. The van der Waals surface area contributed by atoms with Gasteiger partial charge in [-0.1, -0.05) is 12.1 Å². The number of thiazole rings is 1. The zero-order valence-electron chi connectivity index (χ0n) is 17.3. The first-order valence-electron chi connectivity index (χ1n) is 9.83. The van der Waals surface area contributed by atoms with Crippen molar-refractivity contribution in [2.24, 2.45) is 5.92 Å². The van der Waals surface area contributed by atoms with E-state index in [0.717, 1.165) is 28.0 Å². The van der Waals surface area contributed by atoms with Crippen LogP contribution in [0.25, 0.3) is 10.6 Å². The Labute approximate surface area is 188 Å². The third-order valence-electron chi connectivity index (χ3n) is 4.59. The number of piperidine rings is 1. The zero-order valence-corrected chi connectivity index (χ0v) is 19.7. The van der Waals surface area contributed by atoms with E-state index in [1.54, 1.807) is 4.90 Å². The Morgan fingerprint density at radius 1 is 1.27 bits per heavy atom. The van der Waals surface area contributed by atoms with Crippen LogP contribution in [-0.4, -0.2) is 47.4 Å². The molecule has 1 aliphatic heterocycles. The minimum atomic E-state index is -0.500. The number of ether oxygens (including phenoxy) is 2. The first-order valence-corrected chi connectivity index (χ1v) is 11.5. The van der Waals surface area contributed by atoms with Crippen molar-refractivity contribution in [3.05, 3.63) is 34.2 Å². The molecule has 0 atom stereocenters. The third-order valence-corrected chi connectivity index (χ3v) is 6.17. The summed E-state index contributed by atoms with van der Waals surface area (Å²) >= 11 is 4.85. The molecular weight excluding hydrogens is 470 g/mol. The number of nitrogens with zero attached hydrogens (tertiary/aromatic N) is 2. The molecule has 0 radical (unpaired) electrons. The number of anilines is 1. The van der Waals surface area contributed by atoms with Gasteiger partial charge in [0.2, 0.25) is 0 Å². The number of nitrogens with one attached hydrogen (secondary N) is 1. The van der Waals surface area contributed by atoms with Crippen LogP contribution in [0.3, 0.4) is 0 Å². The number of hydrogen-bond acceptors (Lipinski definition) is 6. The van der Waals surface area contributed by atoms with E-state index < -0.39 is 11.7 Å². The molecule has 0 spiro atoms. The van der Waals surface area contributed by atoms with Gasteiger partial charge in [-0.25, -0.2) is 14.6 Å². The van der Waals surface area contributed by atoms with Crippen LogP contribution < -0.4 is 5.32 Å². The SMILES string of the molecule is CC(C)(C)OC(=O)N1CCC(COC(=O)Nc2ccccc2-c2nc(Br)cs2)CC1. The molecule has 0 bridgehead atoms. The summed E-state index contributed by atoms with van der Waals surface area (Å²) in [5.74, 6) is 0.222. The highest BCUT2D eigenvalue weighted by atomic mass is 79.9. The number of hydrogen-bond donors (Lipinski definition) is 1. The second kappa shape index (κ2) is 9.78. The van der Waals surface area contributed by atoms with Gasteiger partial charge in [-0.05, 0) is 67.6 Å². The van der Waals surface area contributed by atoms with E-state index in [-0.39, 0.29) is 12.0 Å². The zero-order chi connectivity index (χ0) is 21.7. The van der Waals surface area contributed by atoms with Crippen LogP contribution >= 0.6 is 27.3 Å². The van der Waals surface area contributed by atoms with Crippen LogP contribution in [0.4, 0.5) is 15.3 Å². The van der Waals surface area contributed by atoms with E-state index in [2.05, 4.69) is 26.2 Å². The summed E-state index contributed by atoms with van der Waals surface area (Å²) in [7, 11) is 0. The second-order valence-corrected chi connectivity index (χ2v) is 9.83. The van der Waals surface area contributed by atoms with E-state index in [9.17, 15) is 9.59 Å². The van der Waals surface area contributed by atoms with Crippen molar-refractivity contribution >= 4 is 45.1 Å². The monoisotopic (exact) mass is 495 g/mol. The number of halogens is 1. The largest absolute Gasteiger partial charge is 0.449 e. The first kappa shape index (κ1) is 22.6. The molecule has 0 unspecified atom stereocenters. The van der Waals surface area contributed by atoms with Crippen molar-refractivity contribution in [1.29, 1.82) is 0 Å². The Balaban J connectivity index is 1.47. The van der Waals surface area contributed by atoms with Gasteiger partial charge in [-0.2, -0.15) is 0 Å². The molecule has 1 aromatic heterocycles. The fraction of sp³-hybridized carbons (Fsp3) is 0.476. The molecule has 30 heavy (non-hydrogen) atoms. The number of para-hydroxylation sites is 1. The van der Waals surface area contributed by atoms with Gasteiger partial charge in [0.15, 0.2) is 0 Å². The van der Waals surface area contributed by atoms with Crippen LogP contribution in [0.5, 0.6) is 0 Å². The lowest BCUT2D eigenvalue weighted by Gasteiger charge is -2.33. The Bertz CT molecular complexity index is 888. The van der Waals surface area contributed by atoms with E-state index in [4.69, 9.17) is 9.47 Å². The highest BCUT2D eigenvalue weighted by Gasteiger charge is 2.27. The van der Waals surface area contributed by atoms with Crippen molar-refractivity contribution in [1.82, 2.24) is 9.88 Å². The summed E-state index contributed by atoms with van der Waals surface area (Å²) in [6.45, 7) is 7.10. The number of rotatable bonds is 4. The molecule has 1 aliphatic rings. The first-order chi connectivity index (χ1) is 14.2. The van der Waals surface area contributed by atoms with Crippen LogP contribution in [0, 0.1) is 5.92 Å². The van der Waals surface area contributed by atoms with Gasteiger partial charge in [0.05, 0.1) is 12.3 Å². The molecule has 1 saturated heterocycles. The molecule has 0 saturated carbocycles. The molecular formula is C21H26BrN3O4S. The Morgan fingerprint density at radius 3 is 2.60 bits per heavy atom. The summed E-state index contributed by atoms with van der Waals surface area (Å²) < 4.78 is 11.6. The number of benzene rings is 1. The summed E-state index contributed by atoms with van der Waals surface area (Å²) in [6.07, 6.45) is 0.768. The molecule has 2 heterocycles. The van der Waals surface area contributed by atoms with E-state index in [0.29, 0.717) is 25.4 Å². The summed E-state index contributed by atoms with van der Waals surface area (Å²) in [5, 5.41) is 5.53. The Kier molecular flexibility index (Phi) is 7.36. The Morgan fingerprint density at radius 2 is 1.97 bits per heavy atom. The van der Waals surface area contributed by atoms with Crippen LogP contribution in [0.2, 0.25) is 0 Å². The van der Waals surface area contributed by atoms with Crippen LogP contribution in [0.1, 0.15) is 33.6 Å². The molecule has 1 fully saturated rings. The van der Waals surface area contributed by atoms with Crippen molar-refractivity contribution in [2.75, 3.05) is 25.0 Å². The van der Waals surface area contributed by atoms with Gasteiger partial charge >= 0.3 is 12.2 Å². The van der Waals surface area contributed by atoms with Crippen LogP contribution in [0.15, 0.2) is 34.2 Å². The number of amides is 2. The normalized spacial score (nSPS) is 15.0. The third kappa shape index (κ3) is 6.43. The number of likely N-dealkylation sites (tertiary alicyclic amines) is 1. The average molecular weight is 496 g/mol. The predicted molar refractivity (Wildman–Crippen MR) is 121 cm³/mol. The van der Waals surface area contributed by atoms with E-state index in [1.807, 2.05) is 50.4 Å². The molecule has 2 aromatic rings. The van der Waals surface area contributed by atoms with Crippen molar-refractivity contribution in [3.63, 3.8) is 0 Å². The maximum atomic E-state index is 12.3. The minimum absolute atomic E-state index is 0.222. The fourth-order valence-electron chi connectivity index (χ4n) is 3.10. The molecule has 1 aromatic carbocycles. The molecule has 2 amide bonds. The van der Waals surface area contributed by atoms with Gasteiger partial charge < -0.3 is 14.4 Å². The van der Waals surface area contributed by atoms with E-state index in [1.165, 1.54) is 11.3 Å². The Hall–Kier alpha value is -2.13. The quantitative estimate of drug-likeness (QED) is 0.582. The topological polar surface area (TPSA) is 80.8 Å². The smallest absolute Gasteiger partial charge is 0.411 e. The van der Waals surface area contributed by atoms with E-state index >= 15 is 0 Å². The highest BCUT2D eigenvalue weighted by Crippen LogP contribution is 2.32. The van der Waals surface area contributed by atoms with Crippen LogP contribution in [-0.2, 0) is 9.47 Å². The van der Waals surface area contributed by atoms with Crippen molar-refractivity contribution < 1.29 is 19.1 Å². The fourth-order valence-corrected chi connectivity index (χ4v) is 4.40. The molecule has 0 aliphatic carbocycles. The average Bonchev–Trinajstić information content (AvgIpc) is 3.12.